The first-order valence-electron chi connectivity index (χ1n) is 9.91. The van der Waals surface area contributed by atoms with E-state index in [1.54, 1.807) is 24.3 Å². The van der Waals surface area contributed by atoms with Crippen LogP contribution in [0, 0.1) is 5.92 Å². The summed E-state index contributed by atoms with van der Waals surface area (Å²) < 4.78 is 37.3. The average Bonchev–Trinajstić information content (AvgIpc) is 2.70. The van der Waals surface area contributed by atoms with Crippen LogP contribution in [0.4, 0.5) is 0 Å². The monoisotopic (exact) mass is 412 g/mol. The average molecular weight is 413 g/mol. The number of nitrogens with zero attached hydrogens (tertiary/aromatic N) is 1. The molecule has 28 heavy (non-hydrogen) atoms. The molecule has 0 aromatic heterocycles. The lowest BCUT2D eigenvalue weighted by atomic mass is 10.1. The summed E-state index contributed by atoms with van der Waals surface area (Å²) in [7, 11) is -3.47. The van der Waals surface area contributed by atoms with Gasteiger partial charge in [0.25, 0.3) is 0 Å². The number of carbonyl (C=O) groups excluding carboxylic acids is 1. The van der Waals surface area contributed by atoms with Crippen molar-refractivity contribution >= 4 is 15.9 Å². The first-order chi connectivity index (χ1) is 13.4. The van der Waals surface area contributed by atoms with E-state index >= 15 is 0 Å². The van der Waals surface area contributed by atoms with Crippen molar-refractivity contribution in [2.45, 2.75) is 38.0 Å². The lowest BCUT2D eigenvalue weighted by molar-refractivity contribution is -0.121. The number of hydrogen-bond acceptors (Lipinski definition) is 5. The molecule has 8 heteroatoms. The topological polar surface area (TPSA) is 84.9 Å². The summed E-state index contributed by atoms with van der Waals surface area (Å²) in [6.45, 7) is 7.82. The van der Waals surface area contributed by atoms with Crippen LogP contribution in [0.5, 0.6) is 0 Å². The van der Waals surface area contributed by atoms with Crippen molar-refractivity contribution in [1.82, 2.24) is 9.62 Å². The van der Waals surface area contributed by atoms with Gasteiger partial charge in [-0.25, -0.2) is 8.42 Å². The largest absolute Gasteiger partial charge is 0.381 e. The molecule has 7 nitrogen and oxygen atoms in total. The highest BCUT2D eigenvalue weighted by Crippen LogP contribution is 2.18. The minimum atomic E-state index is -3.47. The Morgan fingerprint density at radius 1 is 1.21 bits per heavy atom. The van der Waals surface area contributed by atoms with Gasteiger partial charge in [-0.05, 0) is 36.5 Å². The van der Waals surface area contributed by atoms with E-state index < -0.39 is 10.0 Å². The molecule has 1 aliphatic heterocycles. The summed E-state index contributed by atoms with van der Waals surface area (Å²) in [5.41, 5.74) is 0.941. The van der Waals surface area contributed by atoms with Gasteiger partial charge in [-0.2, -0.15) is 4.31 Å². The fourth-order valence-electron chi connectivity index (χ4n) is 2.83. The number of sulfonamides is 1. The minimum absolute atomic E-state index is 0.00567. The van der Waals surface area contributed by atoms with Gasteiger partial charge in [0.1, 0.15) is 0 Å². The molecule has 1 fully saturated rings. The molecule has 1 aliphatic rings. The molecule has 158 valence electrons. The number of nitrogens with one attached hydrogen (secondary N) is 1. The van der Waals surface area contributed by atoms with Gasteiger partial charge >= 0.3 is 0 Å². The lowest BCUT2D eigenvalue weighted by Crippen LogP contribution is -2.40. The predicted octanol–water partition coefficient (Wildman–Crippen LogP) is 1.82. The molecular weight excluding hydrogens is 380 g/mol. The molecular formula is C20H32N2O5S. The second kappa shape index (κ2) is 11.5. The van der Waals surface area contributed by atoms with Gasteiger partial charge in [-0.15, -0.1) is 0 Å². The van der Waals surface area contributed by atoms with Crippen LogP contribution in [-0.4, -0.2) is 64.7 Å². The van der Waals surface area contributed by atoms with Gasteiger partial charge in [0.15, 0.2) is 0 Å². The minimum Gasteiger partial charge on any atom is -0.381 e. The van der Waals surface area contributed by atoms with Gasteiger partial charge in [0.05, 0.1) is 18.1 Å². The maximum atomic E-state index is 12.6. The molecule has 0 aliphatic carbocycles. The van der Waals surface area contributed by atoms with Crippen LogP contribution in [-0.2, 0) is 30.7 Å². The second-order valence-corrected chi connectivity index (χ2v) is 9.27. The summed E-state index contributed by atoms with van der Waals surface area (Å²) in [6.07, 6.45) is 1.75. The van der Waals surface area contributed by atoms with E-state index in [0.717, 1.165) is 18.6 Å². The SMILES string of the molecule is CC(C)COCCCNC(=O)CCc1ccc(S(=O)(=O)N2CCOCC2)cc1. The molecule has 1 aromatic carbocycles. The summed E-state index contributed by atoms with van der Waals surface area (Å²) >= 11 is 0. The Morgan fingerprint density at radius 3 is 2.54 bits per heavy atom. The molecule has 0 unspecified atom stereocenters. The summed E-state index contributed by atoms with van der Waals surface area (Å²) in [4.78, 5) is 12.2. The van der Waals surface area contributed by atoms with E-state index in [0.29, 0.717) is 58.2 Å². The van der Waals surface area contributed by atoms with Crippen LogP contribution < -0.4 is 5.32 Å². The Hall–Kier alpha value is -1.48. The number of rotatable bonds is 11. The van der Waals surface area contributed by atoms with E-state index in [1.165, 1.54) is 4.31 Å². The molecule has 0 spiro atoms. The third kappa shape index (κ3) is 7.50. The van der Waals surface area contributed by atoms with Crippen molar-refractivity contribution < 1.29 is 22.7 Å². The third-order valence-electron chi connectivity index (χ3n) is 4.41. The zero-order valence-electron chi connectivity index (χ0n) is 16.9. The van der Waals surface area contributed by atoms with E-state index in [4.69, 9.17) is 9.47 Å². The van der Waals surface area contributed by atoms with Gasteiger partial charge in [0, 0.05) is 39.3 Å². The van der Waals surface area contributed by atoms with Crippen LogP contribution >= 0.6 is 0 Å². The third-order valence-corrected chi connectivity index (χ3v) is 6.32. The molecule has 1 saturated heterocycles. The Labute approximate surface area is 168 Å². The summed E-state index contributed by atoms with van der Waals surface area (Å²) in [5, 5.41) is 2.89. The van der Waals surface area contributed by atoms with E-state index in [-0.39, 0.29) is 10.8 Å². The number of morpholine rings is 1. The number of aryl methyl sites for hydroxylation is 1. The molecule has 2 rings (SSSR count). The van der Waals surface area contributed by atoms with Gasteiger partial charge < -0.3 is 14.8 Å². The van der Waals surface area contributed by atoms with Crippen molar-refractivity contribution in [2.75, 3.05) is 46.1 Å². The number of benzene rings is 1. The number of carbonyl (C=O) groups is 1. The fraction of sp³-hybridized carbons (Fsp3) is 0.650. The summed E-state index contributed by atoms with van der Waals surface area (Å²) in [5.74, 6) is 0.513. The molecule has 1 heterocycles. The molecule has 1 aromatic rings. The zero-order chi connectivity index (χ0) is 20.4. The Kier molecular flexibility index (Phi) is 9.37. The highest BCUT2D eigenvalue weighted by molar-refractivity contribution is 7.89. The zero-order valence-corrected chi connectivity index (χ0v) is 17.7. The maximum absolute atomic E-state index is 12.6. The van der Waals surface area contributed by atoms with Crippen molar-refractivity contribution in [3.63, 3.8) is 0 Å². The van der Waals surface area contributed by atoms with Crippen LogP contribution in [0.1, 0.15) is 32.3 Å². The highest BCUT2D eigenvalue weighted by atomic mass is 32.2. The molecule has 1 N–H and O–H groups in total. The van der Waals surface area contributed by atoms with Crippen molar-refractivity contribution in [2.24, 2.45) is 5.92 Å². The number of hydrogen-bond donors (Lipinski definition) is 1. The van der Waals surface area contributed by atoms with Crippen molar-refractivity contribution in [1.29, 1.82) is 0 Å². The van der Waals surface area contributed by atoms with Crippen LogP contribution in [0.25, 0.3) is 0 Å². The molecule has 0 bridgehead atoms. The highest BCUT2D eigenvalue weighted by Gasteiger charge is 2.26. The first-order valence-corrected chi connectivity index (χ1v) is 11.3. The lowest BCUT2D eigenvalue weighted by Gasteiger charge is -2.26. The number of amides is 1. The normalized spacial score (nSPS) is 15.7. The molecule has 0 saturated carbocycles. The van der Waals surface area contributed by atoms with Gasteiger partial charge in [-0.3, -0.25) is 4.79 Å². The molecule has 0 radical (unpaired) electrons. The Morgan fingerprint density at radius 2 is 1.89 bits per heavy atom. The summed E-state index contributed by atoms with van der Waals surface area (Å²) in [6, 6.07) is 6.79. The van der Waals surface area contributed by atoms with E-state index in [9.17, 15) is 13.2 Å². The van der Waals surface area contributed by atoms with E-state index in [1.807, 2.05) is 0 Å². The van der Waals surface area contributed by atoms with Crippen molar-refractivity contribution in [3.05, 3.63) is 29.8 Å². The van der Waals surface area contributed by atoms with Crippen LogP contribution in [0.15, 0.2) is 29.2 Å². The smallest absolute Gasteiger partial charge is 0.243 e. The Bertz CT molecular complexity index is 698. The van der Waals surface area contributed by atoms with E-state index in [2.05, 4.69) is 19.2 Å². The standard InChI is InChI=1S/C20H32N2O5S/c1-17(2)16-27-13-3-10-21-20(23)9-6-18-4-7-19(8-5-18)28(24,25)22-11-14-26-15-12-22/h4-5,7-8,17H,3,6,9-16H2,1-2H3,(H,21,23). The molecule has 1 amide bonds. The van der Waals surface area contributed by atoms with Crippen molar-refractivity contribution in [3.8, 4) is 0 Å². The second-order valence-electron chi connectivity index (χ2n) is 7.33. The van der Waals surface area contributed by atoms with Gasteiger partial charge in [-0.1, -0.05) is 26.0 Å². The van der Waals surface area contributed by atoms with Crippen LogP contribution in [0.2, 0.25) is 0 Å². The number of ether oxygens (including phenoxy) is 2. The maximum Gasteiger partial charge on any atom is 0.243 e. The fourth-order valence-corrected chi connectivity index (χ4v) is 4.24. The van der Waals surface area contributed by atoms with Crippen LogP contribution in [0.3, 0.4) is 0 Å². The predicted molar refractivity (Wildman–Crippen MR) is 108 cm³/mol. The molecule has 0 atom stereocenters. The van der Waals surface area contributed by atoms with Gasteiger partial charge in [0.2, 0.25) is 15.9 Å². The Balaban J connectivity index is 1.71. The quantitative estimate of drug-likeness (QED) is 0.561. The first kappa shape index (κ1) is 22.8.